The van der Waals surface area contributed by atoms with Crippen LogP contribution in [0.15, 0.2) is 23.1 Å². The molecule has 4 nitrogen and oxygen atoms in total. The number of aryl methyl sites for hydroxylation is 2. The van der Waals surface area contributed by atoms with Gasteiger partial charge in [-0.15, -0.1) is 11.8 Å². The molecule has 0 bridgehead atoms. The first-order valence-corrected chi connectivity index (χ1v) is 7.70. The summed E-state index contributed by atoms with van der Waals surface area (Å²) in [7, 11) is 0. The molecule has 0 radical (unpaired) electrons. The summed E-state index contributed by atoms with van der Waals surface area (Å²) in [5.74, 6) is -0.680. The van der Waals surface area contributed by atoms with E-state index in [1.54, 1.807) is 0 Å². The molecule has 1 unspecified atom stereocenters. The normalized spacial score (nSPS) is 18.3. The van der Waals surface area contributed by atoms with Crippen molar-refractivity contribution in [2.75, 3.05) is 12.3 Å². The molecule has 1 aromatic carbocycles. The van der Waals surface area contributed by atoms with E-state index in [0.717, 1.165) is 16.9 Å². The number of nitrogens with zero attached hydrogens (tertiary/aromatic N) is 1. The maximum atomic E-state index is 12.2. The van der Waals surface area contributed by atoms with Gasteiger partial charge in [-0.3, -0.25) is 4.79 Å². The SMILES string of the molecule is Cc1ccc(SCC(=O)N2CCCC2C(=O)O)c(C)c1. The summed E-state index contributed by atoms with van der Waals surface area (Å²) in [4.78, 5) is 25.8. The van der Waals surface area contributed by atoms with E-state index in [1.807, 2.05) is 26.0 Å². The highest BCUT2D eigenvalue weighted by Crippen LogP contribution is 2.25. The Bertz CT molecular complexity index is 530. The molecule has 1 N–H and O–H groups in total. The number of aliphatic carboxylic acids is 1. The molecule has 1 aliphatic rings. The van der Waals surface area contributed by atoms with Crippen molar-refractivity contribution in [1.29, 1.82) is 0 Å². The quantitative estimate of drug-likeness (QED) is 0.866. The topological polar surface area (TPSA) is 57.6 Å². The third-order valence-electron chi connectivity index (χ3n) is 3.54. The second kappa shape index (κ2) is 6.31. The largest absolute Gasteiger partial charge is 0.480 e. The van der Waals surface area contributed by atoms with E-state index >= 15 is 0 Å². The van der Waals surface area contributed by atoms with E-state index < -0.39 is 12.0 Å². The van der Waals surface area contributed by atoms with Gasteiger partial charge in [0.2, 0.25) is 5.91 Å². The maximum Gasteiger partial charge on any atom is 0.326 e. The zero-order valence-corrected chi connectivity index (χ0v) is 12.6. The molecule has 1 fully saturated rings. The van der Waals surface area contributed by atoms with Crippen molar-refractivity contribution in [2.45, 2.75) is 37.6 Å². The number of hydrogen-bond acceptors (Lipinski definition) is 3. The number of likely N-dealkylation sites (tertiary alicyclic amines) is 1. The number of carboxylic acid groups (broad SMARTS) is 1. The Kier molecular flexibility index (Phi) is 4.70. The summed E-state index contributed by atoms with van der Waals surface area (Å²) in [5, 5.41) is 9.09. The van der Waals surface area contributed by atoms with Crippen LogP contribution in [0, 0.1) is 13.8 Å². The number of carbonyl (C=O) groups is 2. The lowest BCUT2D eigenvalue weighted by Gasteiger charge is -2.21. The van der Waals surface area contributed by atoms with Crippen LogP contribution < -0.4 is 0 Å². The standard InChI is InChI=1S/C15H19NO3S/c1-10-5-6-13(11(2)8-10)20-9-14(17)16-7-3-4-12(16)15(18)19/h5-6,8,12H,3-4,7,9H2,1-2H3,(H,18,19). The molecular weight excluding hydrogens is 274 g/mol. The first-order chi connectivity index (χ1) is 9.49. The van der Waals surface area contributed by atoms with E-state index in [1.165, 1.54) is 22.2 Å². The summed E-state index contributed by atoms with van der Waals surface area (Å²) >= 11 is 1.48. The molecule has 1 saturated heterocycles. The zero-order chi connectivity index (χ0) is 14.7. The lowest BCUT2D eigenvalue weighted by molar-refractivity contribution is -0.147. The first kappa shape index (κ1) is 14.9. The Morgan fingerprint density at radius 2 is 2.15 bits per heavy atom. The predicted octanol–water partition coefficient (Wildman–Crippen LogP) is 2.47. The Balaban J connectivity index is 1.96. The number of carbonyl (C=O) groups excluding carboxylic acids is 1. The number of carboxylic acids is 1. The molecule has 1 atom stereocenters. The number of rotatable bonds is 4. The van der Waals surface area contributed by atoms with Crippen LogP contribution >= 0.6 is 11.8 Å². The van der Waals surface area contributed by atoms with Gasteiger partial charge in [-0.25, -0.2) is 4.79 Å². The smallest absolute Gasteiger partial charge is 0.326 e. The Morgan fingerprint density at radius 3 is 2.80 bits per heavy atom. The van der Waals surface area contributed by atoms with E-state index in [4.69, 9.17) is 5.11 Å². The summed E-state index contributed by atoms with van der Waals surface area (Å²) in [6.07, 6.45) is 1.34. The fourth-order valence-corrected chi connectivity index (χ4v) is 3.40. The van der Waals surface area contributed by atoms with Crippen LogP contribution in [0.3, 0.4) is 0 Å². The lowest BCUT2D eigenvalue weighted by atomic mass is 10.2. The van der Waals surface area contributed by atoms with Gasteiger partial charge in [0.15, 0.2) is 0 Å². The minimum absolute atomic E-state index is 0.0834. The first-order valence-electron chi connectivity index (χ1n) is 6.71. The van der Waals surface area contributed by atoms with Crippen molar-refractivity contribution < 1.29 is 14.7 Å². The second-order valence-corrected chi connectivity index (χ2v) is 6.16. The van der Waals surface area contributed by atoms with Crippen molar-refractivity contribution in [3.05, 3.63) is 29.3 Å². The van der Waals surface area contributed by atoms with Crippen LogP contribution in [-0.2, 0) is 9.59 Å². The molecule has 1 amide bonds. The van der Waals surface area contributed by atoms with Gasteiger partial charge in [-0.05, 0) is 38.3 Å². The lowest BCUT2D eigenvalue weighted by Crippen LogP contribution is -2.41. The highest BCUT2D eigenvalue weighted by atomic mass is 32.2. The molecule has 20 heavy (non-hydrogen) atoms. The summed E-state index contributed by atoms with van der Waals surface area (Å²) in [6, 6.07) is 5.49. The fraction of sp³-hybridized carbons (Fsp3) is 0.467. The van der Waals surface area contributed by atoms with Crippen molar-refractivity contribution in [2.24, 2.45) is 0 Å². The second-order valence-electron chi connectivity index (χ2n) is 5.14. The van der Waals surface area contributed by atoms with Gasteiger partial charge >= 0.3 is 5.97 Å². The van der Waals surface area contributed by atoms with Crippen molar-refractivity contribution in [3.8, 4) is 0 Å². The third kappa shape index (κ3) is 3.33. The average molecular weight is 293 g/mol. The van der Waals surface area contributed by atoms with Gasteiger partial charge in [0.1, 0.15) is 6.04 Å². The summed E-state index contributed by atoms with van der Waals surface area (Å²) in [6.45, 7) is 4.62. The van der Waals surface area contributed by atoms with Gasteiger partial charge in [0.25, 0.3) is 0 Å². The van der Waals surface area contributed by atoms with Crippen LogP contribution in [0.2, 0.25) is 0 Å². The van der Waals surface area contributed by atoms with E-state index in [9.17, 15) is 9.59 Å². The highest BCUT2D eigenvalue weighted by Gasteiger charge is 2.33. The number of hydrogen-bond donors (Lipinski definition) is 1. The van der Waals surface area contributed by atoms with E-state index in [2.05, 4.69) is 6.07 Å². The highest BCUT2D eigenvalue weighted by molar-refractivity contribution is 8.00. The van der Waals surface area contributed by atoms with Crippen LogP contribution in [0.25, 0.3) is 0 Å². The Hall–Kier alpha value is -1.49. The van der Waals surface area contributed by atoms with Gasteiger partial charge in [-0.2, -0.15) is 0 Å². The molecule has 0 aliphatic carbocycles. The van der Waals surface area contributed by atoms with Gasteiger partial charge in [0, 0.05) is 11.4 Å². The molecule has 5 heteroatoms. The van der Waals surface area contributed by atoms with Crippen LogP contribution in [-0.4, -0.2) is 40.2 Å². The molecule has 1 aromatic rings. The number of benzene rings is 1. The fourth-order valence-electron chi connectivity index (χ4n) is 2.51. The van der Waals surface area contributed by atoms with Crippen LogP contribution in [0.1, 0.15) is 24.0 Å². The molecular formula is C15H19NO3S. The van der Waals surface area contributed by atoms with Gasteiger partial charge in [-0.1, -0.05) is 17.7 Å². The maximum absolute atomic E-state index is 12.2. The van der Waals surface area contributed by atoms with Gasteiger partial charge < -0.3 is 10.0 Å². The van der Waals surface area contributed by atoms with E-state index in [-0.39, 0.29) is 5.91 Å². The predicted molar refractivity (Wildman–Crippen MR) is 79.0 cm³/mol. The Morgan fingerprint density at radius 1 is 1.40 bits per heavy atom. The van der Waals surface area contributed by atoms with Crippen LogP contribution in [0.5, 0.6) is 0 Å². The summed E-state index contributed by atoms with van der Waals surface area (Å²) in [5.41, 5.74) is 2.35. The summed E-state index contributed by atoms with van der Waals surface area (Å²) < 4.78 is 0. The zero-order valence-electron chi connectivity index (χ0n) is 11.8. The molecule has 0 saturated carbocycles. The van der Waals surface area contributed by atoms with Crippen molar-refractivity contribution >= 4 is 23.6 Å². The van der Waals surface area contributed by atoms with E-state index in [0.29, 0.717) is 18.7 Å². The minimum atomic E-state index is -0.896. The monoisotopic (exact) mass is 293 g/mol. The number of thioether (sulfide) groups is 1. The third-order valence-corrected chi connectivity index (χ3v) is 4.70. The molecule has 0 spiro atoms. The molecule has 1 aliphatic heterocycles. The number of amides is 1. The molecule has 2 rings (SSSR count). The molecule has 0 aromatic heterocycles. The molecule has 108 valence electrons. The average Bonchev–Trinajstić information content (AvgIpc) is 2.86. The Labute approximate surface area is 123 Å². The van der Waals surface area contributed by atoms with Gasteiger partial charge in [0.05, 0.1) is 5.75 Å². The molecule has 1 heterocycles. The van der Waals surface area contributed by atoms with Crippen molar-refractivity contribution in [3.63, 3.8) is 0 Å². The minimum Gasteiger partial charge on any atom is -0.480 e. The van der Waals surface area contributed by atoms with Crippen molar-refractivity contribution in [1.82, 2.24) is 4.90 Å². The van der Waals surface area contributed by atoms with Crippen LogP contribution in [0.4, 0.5) is 0 Å².